The van der Waals surface area contributed by atoms with Gasteiger partial charge in [-0.05, 0) is 13.3 Å². The lowest BCUT2D eigenvalue weighted by molar-refractivity contribution is -0.138. The molecule has 5 N–H and O–H groups in total. The lowest BCUT2D eigenvalue weighted by Crippen LogP contribution is -2.31. The Balaban J connectivity index is 4.22. The van der Waals surface area contributed by atoms with Gasteiger partial charge in [0.25, 0.3) is 0 Å². The molecule has 7 heteroatoms. The lowest BCUT2D eigenvalue weighted by Gasteiger charge is -2.04. The Morgan fingerprint density at radius 1 is 1.50 bits per heavy atom. The van der Waals surface area contributed by atoms with Crippen LogP contribution in [0.1, 0.15) is 19.8 Å². The van der Waals surface area contributed by atoms with E-state index in [1.54, 1.807) is 6.92 Å². The van der Waals surface area contributed by atoms with Gasteiger partial charge in [0.2, 0.25) is 0 Å². The van der Waals surface area contributed by atoms with Crippen molar-refractivity contribution in [1.29, 1.82) is 0 Å². The minimum Gasteiger partial charge on any atom is -0.480 e. The number of hydrogen-bond acceptors (Lipinski definition) is 3. The number of halogens is 2. The Morgan fingerprint density at radius 3 is 2.50 bits per heavy atom. The molecule has 0 amide bonds. The molecule has 0 saturated carbocycles. The van der Waals surface area contributed by atoms with Crippen LogP contribution < -0.4 is 11.5 Å². The third-order valence-corrected chi connectivity index (χ3v) is 1.71. The van der Waals surface area contributed by atoms with Crippen LogP contribution in [0.25, 0.3) is 0 Å². The second-order valence-electron chi connectivity index (χ2n) is 3.20. The predicted molar refractivity (Wildman–Crippen MR) is 56.3 cm³/mol. The maximum Gasteiger partial charge on any atom is 0.327 e. The molecule has 0 aromatic heterocycles. The monoisotopic (exact) mass is 235 g/mol. The highest BCUT2D eigenvalue weighted by atomic mass is 19.2. The molecule has 0 aliphatic heterocycles. The summed E-state index contributed by atoms with van der Waals surface area (Å²) in [6.07, 6.45) is -0.0102. The van der Waals surface area contributed by atoms with Gasteiger partial charge < -0.3 is 16.6 Å². The Kier molecular flexibility index (Phi) is 6.24. The number of amidine groups is 1. The minimum atomic E-state index is -1.94. The summed E-state index contributed by atoms with van der Waals surface area (Å²) in [6.45, 7) is 1.83. The number of rotatable bonds is 6. The third-order valence-electron chi connectivity index (χ3n) is 1.71. The average molecular weight is 235 g/mol. The summed E-state index contributed by atoms with van der Waals surface area (Å²) in [5.74, 6) is -3.85. The van der Waals surface area contributed by atoms with Crippen LogP contribution in [0.5, 0.6) is 0 Å². The molecule has 0 fully saturated rings. The largest absolute Gasteiger partial charge is 0.480 e. The number of carboxylic acids is 1. The first-order valence-corrected chi connectivity index (χ1v) is 4.65. The predicted octanol–water partition coefficient (Wildman–Crippen LogP) is 0.706. The SMILES string of the molecule is CC(N)=NCCC/C(F)=C(\F)[C@H](N)C(=O)O. The van der Waals surface area contributed by atoms with Gasteiger partial charge in [-0.25, -0.2) is 8.78 Å². The molecule has 92 valence electrons. The fourth-order valence-electron chi connectivity index (χ4n) is 0.886. The van der Waals surface area contributed by atoms with Crippen molar-refractivity contribution in [2.45, 2.75) is 25.8 Å². The number of aliphatic imine (C=N–C) groups is 1. The minimum absolute atomic E-state index is 0.236. The molecule has 1 atom stereocenters. The average Bonchev–Trinajstić information content (AvgIpc) is 2.21. The van der Waals surface area contributed by atoms with Gasteiger partial charge in [-0.15, -0.1) is 0 Å². The van der Waals surface area contributed by atoms with Crippen LogP contribution in [0.4, 0.5) is 8.78 Å². The zero-order valence-corrected chi connectivity index (χ0v) is 8.91. The molecule has 0 aliphatic carbocycles. The van der Waals surface area contributed by atoms with Crippen molar-refractivity contribution in [3.63, 3.8) is 0 Å². The van der Waals surface area contributed by atoms with E-state index in [0.717, 1.165) is 0 Å². The molecule has 0 heterocycles. The highest BCUT2D eigenvalue weighted by Gasteiger charge is 2.21. The first-order valence-electron chi connectivity index (χ1n) is 4.65. The van der Waals surface area contributed by atoms with E-state index >= 15 is 0 Å². The highest BCUT2D eigenvalue weighted by molar-refractivity contribution is 5.77. The van der Waals surface area contributed by atoms with Crippen LogP contribution in [-0.4, -0.2) is 29.5 Å². The van der Waals surface area contributed by atoms with E-state index in [1.165, 1.54) is 0 Å². The molecular formula is C9H15F2N3O2. The molecule has 0 spiro atoms. The zero-order valence-electron chi connectivity index (χ0n) is 8.91. The van der Waals surface area contributed by atoms with Gasteiger partial charge in [0.05, 0.1) is 5.84 Å². The van der Waals surface area contributed by atoms with E-state index in [-0.39, 0.29) is 19.4 Å². The molecule has 5 nitrogen and oxygen atoms in total. The Labute approximate surface area is 91.8 Å². The first kappa shape index (κ1) is 14.5. The second-order valence-corrected chi connectivity index (χ2v) is 3.20. The van der Waals surface area contributed by atoms with Crippen LogP contribution in [0.15, 0.2) is 16.6 Å². The van der Waals surface area contributed by atoms with Gasteiger partial charge in [0.1, 0.15) is 5.83 Å². The highest BCUT2D eigenvalue weighted by Crippen LogP contribution is 2.16. The maximum atomic E-state index is 13.0. The zero-order chi connectivity index (χ0) is 12.7. The van der Waals surface area contributed by atoms with E-state index < -0.39 is 23.7 Å². The van der Waals surface area contributed by atoms with E-state index in [1.807, 2.05) is 0 Å². The normalized spacial score (nSPS) is 15.6. The lowest BCUT2D eigenvalue weighted by atomic mass is 10.2. The summed E-state index contributed by atoms with van der Waals surface area (Å²) in [7, 11) is 0. The van der Waals surface area contributed by atoms with E-state index in [4.69, 9.17) is 16.6 Å². The summed E-state index contributed by atoms with van der Waals surface area (Å²) < 4.78 is 26.0. The number of nitrogens with two attached hydrogens (primary N) is 2. The van der Waals surface area contributed by atoms with Crippen molar-refractivity contribution < 1.29 is 18.7 Å². The quantitative estimate of drug-likeness (QED) is 0.358. The van der Waals surface area contributed by atoms with E-state index in [9.17, 15) is 13.6 Å². The summed E-state index contributed by atoms with van der Waals surface area (Å²) in [5, 5.41) is 8.34. The molecule has 0 aromatic rings. The number of aliphatic carboxylic acids is 1. The molecule has 0 bridgehead atoms. The topological polar surface area (TPSA) is 102 Å². The number of hydrogen-bond donors (Lipinski definition) is 3. The van der Waals surface area contributed by atoms with Crippen molar-refractivity contribution >= 4 is 11.8 Å². The Bertz CT molecular complexity index is 312. The number of allylic oxidation sites excluding steroid dienone is 1. The molecule has 0 aliphatic rings. The summed E-state index contributed by atoms with van der Waals surface area (Å²) in [4.78, 5) is 14.0. The fourth-order valence-corrected chi connectivity index (χ4v) is 0.886. The van der Waals surface area contributed by atoms with E-state index in [2.05, 4.69) is 4.99 Å². The Morgan fingerprint density at radius 2 is 2.06 bits per heavy atom. The molecule has 0 saturated heterocycles. The third kappa shape index (κ3) is 5.40. The van der Waals surface area contributed by atoms with E-state index in [0.29, 0.717) is 5.84 Å². The van der Waals surface area contributed by atoms with Crippen LogP contribution in [0.2, 0.25) is 0 Å². The van der Waals surface area contributed by atoms with Crippen molar-refractivity contribution in [3.05, 3.63) is 11.7 Å². The van der Waals surface area contributed by atoms with Crippen molar-refractivity contribution in [2.24, 2.45) is 16.5 Å². The second kappa shape index (κ2) is 6.89. The molecule has 16 heavy (non-hydrogen) atoms. The fraction of sp³-hybridized carbons (Fsp3) is 0.556. The van der Waals surface area contributed by atoms with Gasteiger partial charge in [0.15, 0.2) is 11.9 Å². The molecule has 0 radical (unpaired) electrons. The number of nitrogens with zero attached hydrogens (tertiary/aromatic N) is 1. The Hall–Kier alpha value is -1.50. The van der Waals surface area contributed by atoms with Crippen LogP contribution in [-0.2, 0) is 4.79 Å². The number of carbonyl (C=O) groups is 1. The summed E-state index contributed by atoms with van der Waals surface area (Å²) in [6, 6.07) is -1.94. The van der Waals surface area contributed by atoms with Crippen LogP contribution >= 0.6 is 0 Å². The van der Waals surface area contributed by atoms with Crippen LogP contribution in [0.3, 0.4) is 0 Å². The smallest absolute Gasteiger partial charge is 0.327 e. The van der Waals surface area contributed by atoms with Crippen LogP contribution in [0, 0.1) is 0 Å². The number of carboxylic acid groups (broad SMARTS) is 1. The maximum absolute atomic E-state index is 13.0. The standard InChI is InChI=1S/C9H15F2N3O2/c1-5(12)14-4-2-3-6(10)7(11)8(13)9(15)16/h8H,2-4,13H2,1H3,(H2,12,14)(H,15,16)/b7-6+/t8-/m0/s1. The molecule has 0 aromatic carbocycles. The van der Waals surface area contributed by atoms with Gasteiger partial charge in [-0.2, -0.15) is 0 Å². The molecule has 0 rings (SSSR count). The van der Waals surface area contributed by atoms with Gasteiger partial charge in [0, 0.05) is 13.0 Å². The summed E-state index contributed by atoms with van der Waals surface area (Å²) in [5.41, 5.74) is 10.1. The van der Waals surface area contributed by atoms with Crippen molar-refractivity contribution in [1.82, 2.24) is 0 Å². The van der Waals surface area contributed by atoms with Gasteiger partial charge >= 0.3 is 5.97 Å². The van der Waals surface area contributed by atoms with Gasteiger partial charge in [-0.3, -0.25) is 9.79 Å². The molecule has 0 unspecified atom stereocenters. The first-order chi connectivity index (χ1) is 7.36. The van der Waals surface area contributed by atoms with Gasteiger partial charge in [-0.1, -0.05) is 0 Å². The van der Waals surface area contributed by atoms with Crippen molar-refractivity contribution in [2.75, 3.05) is 6.54 Å². The molecular weight excluding hydrogens is 220 g/mol. The summed E-state index contributed by atoms with van der Waals surface area (Å²) >= 11 is 0. The van der Waals surface area contributed by atoms with Crippen molar-refractivity contribution in [3.8, 4) is 0 Å².